The van der Waals surface area contributed by atoms with Gasteiger partial charge < -0.3 is 15.2 Å². The van der Waals surface area contributed by atoms with Crippen molar-refractivity contribution in [2.75, 3.05) is 39.4 Å². The lowest BCUT2D eigenvalue weighted by Gasteiger charge is -2.72. The third-order valence-corrected chi connectivity index (χ3v) is 16.4. The summed E-state index contributed by atoms with van der Waals surface area (Å²) in [5.74, 6) is 1.97. The van der Waals surface area contributed by atoms with Crippen molar-refractivity contribution in [1.29, 1.82) is 0 Å². The molecule has 49 heavy (non-hydrogen) atoms. The van der Waals surface area contributed by atoms with Crippen LogP contribution in [0.2, 0.25) is 0 Å². The number of hydrogen-bond acceptors (Lipinski definition) is 4. The molecule has 7 rings (SSSR count). The number of hydrogen-bond donors (Lipinski definition) is 2. The third kappa shape index (κ3) is 5.23. The van der Waals surface area contributed by atoms with Gasteiger partial charge in [0.25, 0.3) is 0 Å². The molecule has 1 saturated heterocycles. The van der Waals surface area contributed by atoms with Crippen LogP contribution in [0.5, 0.6) is 0 Å². The van der Waals surface area contributed by atoms with Crippen molar-refractivity contribution in [1.82, 2.24) is 10.2 Å². The summed E-state index contributed by atoms with van der Waals surface area (Å²) < 4.78 is 5.54. The molecule has 6 nitrogen and oxygen atoms in total. The van der Waals surface area contributed by atoms with Crippen molar-refractivity contribution >= 4 is 17.4 Å². The molecule has 5 fully saturated rings. The van der Waals surface area contributed by atoms with Gasteiger partial charge in [-0.2, -0.15) is 0 Å². The number of ether oxygens (including phenoxy) is 1. The second-order valence-electron chi connectivity index (χ2n) is 18.5. The molecule has 268 valence electrons. The highest BCUT2D eigenvalue weighted by molar-refractivity contribution is 5.88. The van der Waals surface area contributed by atoms with Crippen molar-refractivity contribution < 1.29 is 19.4 Å². The quantitative estimate of drug-likeness (QED) is 0.285. The number of morpholine rings is 1. The maximum Gasteiger partial charge on any atom is 0.335 e. The van der Waals surface area contributed by atoms with E-state index in [0.29, 0.717) is 41.1 Å². The molecule has 9 atom stereocenters. The number of nitrogens with zero attached hydrogens (tertiary/aromatic N) is 1. The first-order chi connectivity index (χ1) is 23.2. The second kappa shape index (κ2) is 12.4. The summed E-state index contributed by atoms with van der Waals surface area (Å²) in [4.78, 5) is 28.4. The van der Waals surface area contributed by atoms with Crippen molar-refractivity contribution in [3.8, 4) is 0 Å². The Morgan fingerprint density at radius 3 is 2.31 bits per heavy atom. The molecule has 5 aliphatic carbocycles. The van der Waals surface area contributed by atoms with Gasteiger partial charge in [0.15, 0.2) is 0 Å². The molecule has 1 aromatic rings. The van der Waals surface area contributed by atoms with E-state index >= 15 is 0 Å². The van der Waals surface area contributed by atoms with Crippen LogP contribution in [-0.4, -0.2) is 61.3 Å². The predicted octanol–water partition coefficient (Wildman–Crippen LogP) is 8.48. The summed E-state index contributed by atoms with van der Waals surface area (Å²) in [7, 11) is 0. The van der Waals surface area contributed by atoms with Crippen LogP contribution in [-0.2, 0) is 9.53 Å². The average molecular weight is 671 g/mol. The lowest BCUT2D eigenvalue weighted by molar-refractivity contribution is -0.225. The Morgan fingerprint density at radius 1 is 0.918 bits per heavy atom. The minimum Gasteiger partial charge on any atom is -0.478 e. The number of allylic oxidation sites excluding steroid dienone is 3. The van der Waals surface area contributed by atoms with Crippen LogP contribution in [0.15, 0.2) is 42.5 Å². The maximum atomic E-state index is 14.4. The van der Waals surface area contributed by atoms with Crippen LogP contribution < -0.4 is 5.32 Å². The predicted molar refractivity (Wildman–Crippen MR) is 196 cm³/mol. The van der Waals surface area contributed by atoms with Gasteiger partial charge >= 0.3 is 5.97 Å². The van der Waals surface area contributed by atoms with Gasteiger partial charge in [-0.05, 0) is 139 Å². The highest BCUT2D eigenvalue weighted by Crippen LogP contribution is 2.77. The van der Waals surface area contributed by atoms with Crippen LogP contribution >= 0.6 is 0 Å². The Kier molecular flexibility index (Phi) is 8.82. The zero-order chi connectivity index (χ0) is 35.0. The van der Waals surface area contributed by atoms with E-state index in [1.54, 1.807) is 12.1 Å². The minimum atomic E-state index is -0.872. The Hall–Kier alpha value is -2.44. The molecule has 4 unspecified atom stereocenters. The molecule has 0 radical (unpaired) electrons. The van der Waals surface area contributed by atoms with Gasteiger partial charge in [0.2, 0.25) is 5.91 Å². The van der Waals surface area contributed by atoms with E-state index in [0.717, 1.165) is 71.5 Å². The van der Waals surface area contributed by atoms with Crippen LogP contribution in [0, 0.1) is 56.7 Å². The summed E-state index contributed by atoms with van der Waals surface area (Å²) in [6.07, 6.45) is 12.7. The van der Waals surface area contributed by atoms with E-state index in [9.17, 15) is 14.7 Å². The summed E-state index contributed by atoms with van der Waals surface area (Å²) in [6, 6.07) is 7.56. The smallest absolute Gasteiger partial charge is 0.335 e. The molecular formula is C43H62N2O4. The average Bonchev–Trinajstić information content (AvgIpc) is 3.47. The van der Waals surface area contributed by atoms with Crippen LogP contribution in [0.4, 0.5) is 0 Å². The molecule has 1 aliphatic heterocycles. The first-order valence-corrected chi connectivity index (χ1v) is 19.5. The summed E-state index contributed by atoms with van der Waals surface area (Å²) in [6.45, 7) is 24.7. The SMILES string of the molecule is C=C(C)[C@@H]1CC[C@]2(C(=O)NCCN3CCOCC3)CC[C@]3(C)C(CCC4[C@@]5(C)CC=C(c6ccc(C(=O)O)cc6)C(C)(C)C5CC[C@]43C)C12. The normalized spacial score (nSPS) is 41.3. The van der Waals surface area contributed by atoms with Gasteiger partial charge in [0, 0.05) is 26.2 Å². The number of carbonyl (C=O) groups is 2. The Balaban J connectivity index is 1.16. The van der Waals surface area contributed by atoms with Crippen molar-refractivity contribution in [3.05, 3.63) is 53.6 Å². The summed E-state index contributed by atoms with van der Waals surface area (Å²) >= 11 is 0. The molecule has 6 heteroatoms. The number of nitrogens with one attached hydrogen (secondary N) is 1. The molecule has 0 aromatic heterocycles. The first kappa shape index (κ1) is 35.0. The number of rotatable bonds is 7. The molecule has 1 aromatic carbocycles. The van der Waals surface area contributed by atoms with Gasteiger partial charge in [0.1, 0.15) is 0 Å². The number of carboxylic acids is 1. The van der Waals surface area contributed by atoms with E-state index in [4.69, 9.17) is 4.74 Å². The fourth-order valence-electron chi connectivity index (χ4n) is 13.8. The van der Waals surface area contributed by atoms with Crippen LogP contribution in [0.3, 0.4) is 0 Å². The van der Waals surface area contributed by atoms with E-state index in [1.165, 1.54) is 42.4 Å². The lowest BCUT2D eigenvalue weighted by atomic mass is 9.32. The van der Waals surface area contributed by atoms with E-state index in [-0.39, 0.29) is 27.1 Å². The molecule has 0 bridgehead atoms. The van der Waals surface area contributed by atoms with E-state index in [1.807, 2.05) is 12.1 Å². The number of amides is 1. The first-order valence-electron chi connectivity index (χ1n) is 19.5. The maximum absolute atomic E-state index is 14.4. The van der Waals surface area contributed by atoms with E-state index in [2.05, 4.69) is 64.4 Å². The summed E-state index contributed by atoms with van der Waals surface area (Å²) in [5.41, 5.74) is 4.50. The fourth-order valence-corrected chi connectivity index (χ4v) is 13.8. The zero-order valence-corrected chi connectivity index (χ0v) is 31.2. The van der Waals surface area contributed by atoms with Gasteiger partial charge in [0.05, 0.1) is 24.2 Å². The standard InChI is InChI=1S/C43H62N2O4/c1-28(2)31-14-19-43(38(48)44-22-23-45-24-26-49-27-25-45)21-20-41(6)33(36(31)43)12-13-35-40(5)17-15-32(29-8-10-30(11-9-29)37(46)47)39(3,4)34(40)16-18-42(35,41)7/h8-11,15,31,33-36H,1,12-14,16-27H2,2-7H3,(H,44,48)(H,46,47)/t31-,33?,34?,35?,36?,40-,41+,42+,43-/m0/s1. The lowest BCUT2D eigenvalue weighted by Crippen LogP contribution is -2.66. The largest absolute Gasteiger partial charge is 0.478 e. The molecule has 0 spiro atoms. The van der Waals surface area contributed by atoms with Crippen LogP contribution in [0.25, 0.3) is 5.57 Å². The second-order valence-corrected chi connectivity index (χ2v) is 18.5. The number of carbonyl (C=O) groups excluding carboxylic acids is 1. The Labute approximate surface area is 295 Å². The highest BCUT2D eigenvalue weighted by Gasteiger charge is 2.71. The molecule has 2 N–H and O–H groups in total. The molecular weight excluding hydrogens is 608 g/mol. The van der Waals surface area contributed by atoms with Crippen LogP contribution in [0.1, 0.15) is 115 Å². The minimum absolute atomic E-state index is 0.00560. The molecule has 1 heterocycles. The van der Waals surface area contributed by atoms with Gasteiger partial charge in [-0.15, -0.1) is 0 Å². The number of carboxylic acid groups (broad SMARTS) is 1. The van der Waals surface area contributed by atoms with E-state index < -0.39 is 5.97 Å². The Bertz CT molecular complexity index is 1510. The molecule has 1 amide bonds. The van der Waals surface area contributed by atoms with Gasteiger partial charge in [-0.1, -0.05) is 65.0 Å². The molecule has 4 saturated carbocycles. The monoisotopic (exact) mass is 670 g/mol. The Morgan fingerprint density at radius 2 is 1.63 bits per heavy atom. The summed E-state index contributed by atoms with van der Waals surface area (Å²) in [5, 5.41) is 13.0. The third-order valence-electron chi connectivity index (χ3n) is 16.4. The van der Waals surface area contributed by atoms with Crippen molar-refractivity contribution in [2.45, 2.75) is 99.3 Å². The fraction of sp³-hybridized carbons (Fsp3) is 0.721. The number of fused-ring (bicyclic) bond motifs is 7. The molecule has 6 aliphatic rings. The van der Waals surface area contributed by atoms with Crippen molar-refractivity contribution in [2.24, 2.45) is 56.7 Å². The number of aromatic carboxylic acids is 1. The zero-order valence-electron chi connectivity index (χ0n) is 31.2. The van der Waals surface area contributed by atoms with Crippen molar-refractivity contribution in [3.63, 3.8) is 0 Å². The van der Waals surface area contributed by atoms with Gasteiger partial charge in [-0.3, -0.25) is 9.69 Å². The topological polar surface area (TPSA) is 78.9 Å². The number of benzene rings is 1. The van der Waals surface area contributed by atoms with Gasteiger partial charge in [-0.25, -0.2) is 4.79 Å². The highest BCUT2D eigenvalue weighted by atomic mass is 16.5.